The lowest BCUT2D eigenvalue weighted by molar-refractivity contribution is -0.137. The summed E-state index contributed by atoms with van der Waals surface area (Å²) in [6.07, 6.45) is -0.00586. The van der Waals surface area contributed by atoms with Crippen LogP contribution in [-0.4, -0.2) is 26.4 Å². The predicted molar refractivity (Wildman–Crippen MR) is 125 cm³/mol. The number of fused-ring (bicyclic) bond motifs is 1. The highest BCUT2D eigenvalue weighted by atomic mass is 19.4. The van der Waals surface area contributed by atoms with Crippen molar-refractivity contribution < 1.29 is 13.2 Å². The number of pyridine rings is 1. The van der Waals surface area contributed by atoms with Gasteiger partial charge >= 0.3 is 6.18 Å². The predicted octanol–water partition coefficient (Wildman–Crippen LogP) is 5.65. The van der Waals surface area contributed by atoms with E-state index in [1.54, 1.807) is 12.3 Å². The summed E-state index contributed by atoms with van der Waals surface area (Å²) in [5.41, 5.74) is 5.23. The third-order valence-electron chi connectivity index (χ3n) is 6.00. The highest BCUT2D eigenvalue weighted by Crippen LogP contribution is 2.31. The number of hydrogen-bond donors (Lipinski definition) is 0. The summed E-state index contributed by atoms with van der Waals surface area (Å²) < 4.78 is 38.4. The van der Waals surface area contributed by atoms with Crippen LogP contribution in [0.4, 0.5) is 13.2 Å². The van der Waals surface area contributed by atoms with E-state index in [9.17, 15) is 13.2 Å². The molecule has 0 saturated heterocycles. The summed E-state index contributed by atoms with van der Waals surface area (Å²) in [5.74, 6) is 0.436. The highest BCUT2D eigenvalue weighted by Gasteiger charge is 2.30. The van der Waals surface area contributed by atoms with Crippen LogP contribution >= 0.6 is 0 Å². The van der Waals surface area contributed by atoms with Crippen molar-refractivity contribution >= 4 is 0 Å². The zero-order valence-corrected chi connectivity index (χ0v) is 18.6. The second kappa shape index (κ2) is 9.28. The quantitative estimate of drug-likeness (QED) is 0.385. The van der Waals surface area contributed by atoms with E-state index in [0.29, 0.717) is 23.5 Å². The van der Waals surface area contributed by atoms with Gasteiger partial charge in [-0.15, -0.1) is 0 Å². The average Bonchev–Trinajstić information content (AvgIpc) is 2.88. The van der Waals surface area contributed by atoms with Gasteiger partial charge in [-0.3, -0.25) is 9.88 Å². The molecule has 0 atom stereocenters. The van der Waals surface area contributed by atoms with Crippen LogP contribution in [-0.2, 0) is 25.7 Å². The standard InChI is InChI=1S/C27H20F3N5/c28-27(29,30)23-7-5-20(6-8-23)26-33-15-22-17-35(11-10-25(22)34-26)16-19-4-9-24(32-14-19)21-3-1-2-18(12-21)13-31/h1-9,12,14-15H,10-11,16-17H2. The minimum absolute atomic E-state index is 0.436. The van der Waals surface area contributed by atoms with Crippen LogP contribution < -0.4 is 0 Å². The molecule has 0 bridgehead atoms. The van der Waals surface area contributed by atoms with Crippen molar-refractivity contribution in [1.82, 2.24) is 19.9 Å². The summed E-state index contributed by atoms with van der Waals surface area (Å²) in [6.45, 7) is 2.22. The lowest BCUT2D eigenvalue weighted by Gasteiger charge is -2.28. The largest absolute Gasteiger partial charge is 0.416 e. The molecule has 0 spiro atoms. The molecule has 5 nitrogen and oxygen atoms in total. The minimum Gasteiger partial charge on any atom is -0.294 e. The molecule has 5 rings (SSSR count). The summed E-state index contributed by atoms with van der Waals surface area (Å²) in [4.78, 5) is 15.9. The maximum absolute atomic E-state index is 12.8. The molecule has 0 aliphatic carbocycles. The van der Waals surface area contributed by atoms with Crippen LogP contribution in [0, 0.1) is 11.3 Å². The number of hydrogen-bond acceptors (Lipinski definition) is 5. The van der Waals surface area contributed by atoms with E-state index >= 15 is 0 Å². The third-order valence-corrected chi connectivity index (χ3v) is 6.00. The van der Waals surface area contributed by atoms with E-state index in [4.69, 9.17) is 5.26 Å². The van der Waals surface area contributed by atoms with Crippen molar-refractivity contribution in [2.45, 2.75) is 25.7 Å². The molecule has 2 aromatic heterocycles. The molecule has 3 heterocycles. The molecule has 0 amide bonds. The van der Waals surface area contributed by atoms with Gasteiger partial charge in [-0.1, -0.05) is 30.3 Å². The molecule has 1 aliphatic rings. The monoisotopic (exact) mass is 471 g/mol. The number of nitrogens with zero attached hydrogens (tertiary/aromatic N) is 5. The molecule has 174 valence electrons. The first-order valence-electron chi connectivity index (χ1n) is 11.1. The lowest BCUT2D eigenvalue weighted by atomic mass is 10.0. The fraction of sp³-hybridized carbons (Fsp3) is 0.185. The Morgan fingerprint density at radius 3 is 2.49 bits per heavy atom. The molecular weight excluding hydrogens is 451 g/mol. The molecule has 0 radical (unpaired) electrons. The van der Waals surface area contributed by atoms with Crippen LogP contribution in [0.5, 0.6) is 0 Å². The molecule has 0 saturated carbocycles. The first-order chi connectivity index (χ1) is 16.9. The number of halogens is 3. The third kappa shape index (κ3) is 5.05. The van der Waals surface area contributed by atoms with Crippen LogP contribution in [0.3, 0.4) is 0 Å². The maximum Gasteiger partial charge on any atom is 0.416 e. The van der Waals surface area contributed by atoms with Crippen molar-refractivity contribution in [1.29, 1.82) is 5.26 Å². The van der Waals surface area contributed by atoms with E-state index in [2.05, 4.69) is 25.9 Å². The lowest BCUT2D eigenvalue weighted by Crippen LogP contribution is -2.31. The first-order valence-corrected chi connectivity index (χ1v) is 11.1. The van der Waals surface area contributed by atoms with Gasteiger partial charge in [-0.2, -0.15) is 18.4 Å². The molecule has 0 unspecified atom stereocenters. The van der Waals surface area contributed by atoms with E-state index in [0.717, 1.165) is 59.7 Å². The number of rotatable bonds is 4. The Balaban J connectivity index is 1.25. The topological polar surface area (TPSA) is 65.7 Å². The van der Waals surface area contributed by atoms with E-state index in [1.807, 2.05) is 36.5 Å². The summed E-state index contributed by atoms with van der Waals surface area (Å²) >= 11 is 0. The molecule has 0 N–H and O–H groups in total. The molecule has 1 aliphatic heterocycles. The zero-order chi connectivity index (χ0) is 24.4. The molecular formula is C27H20F3N5. The molecule has 35 heavy (non-hydrogen) atoms. The Morgan fingerprint density at radius 2 is 1.77 bits per heavy atom. The van der Waals surface area contributed by atoms with E-state index in [-0.39, 0.29) is 0 Å². The van der Waals surface area contributed by atoms with E-state index in [1.165, 1.54) is 12.1 Å². The SMILES string of the molecule is N#Cc1cccc(-c2ccc(CN3CCc4nc(-c5ccc(C(F)(F)F)cc5)ncc4C3)cn2)c1. The number of nitriles is 1. The fourth-order valence-electron chi connectivity index (χ4n) is 4.15. The fourth-order valence-corrected chi connectivity index (χ4v) is 4.15. The van der Waals surface area contributed by atoms with Gasteiger partial charge in [-0.25, -0.2) is 9.97 Å². The Hall–Kier alpha value is -4.09. The van der Waals surface area contributed by atoms with Gasteiger partial charge in [0.15, 0.2) is 5.82 Å². The first kappa shape index (κ1) is 22.7. The second-order valence-electron chi connectivity index (χ2n) is 8.45. The van der Waals surface area contributed by atoms with Crippen LogP contribution in [0.25, 0.3) is 22.6 Å². The van der Waals surface area contributed by atoms with E-state index < -0.39 is 11.7 Å². The summed E-state index contributed by atoms with van der Waals surface area (Å²) in [6, 6.07) is 18.4. The van der Waals surface area contributed by atoms with Crippen LogP contribution in [0.2, 0.25) is 0 Å². The Labute approximate surface area is 200 Å². The molecule has 4 aromatic rings. The van der Waals surface area contributed by atoms with Gasteiger partial charge in [0.25, 0.3) is 0 Å². The highest BCUT2D eigenvalue weighted by molar-refractivity contribution is 5.61. The van der Waals surface area contributed by atoms with Gasteiger partial charge in [0, 0.05) is 55.1 Å². The minimum atomic E-state index is -4.36. The normalized spacial score (nSPS) is 13.8. The number of aromatic nitrogens is 3. The average molecular weight is 471 g/mol. The number of alkyl halides is 3. The zero-order valence-electron chi connectivity index (χ0n) is 18.6. The molecule has 8 heteroatoms. The Bertz CT molecular complexity index is 1390. The van der Waals surface area contributed by atoms with Gasteiger partial charge in [0.2, 0.25) is 0 Å². The molecule has 2 aromatic carbocycles. The maximum atomic E-state index is 12.8. The van der Waals surface area contributed by atoms with Crippen LogP contribution in [0.1, 0.15) is 27.9 Å². The van der Waals surface area contributed by atoms with Crippen molar-refractivity contribution in [3.05, 3.63) is 101 Å². The van der Waals surface area contributed by atoms with Gasteiger partial charge in [0.05, 0.1) is 28.6 Å². The van der Waals surface area contributed by atoms with Crippen molar-refractivity contribution in [2.75, 3.05) is 6.54 Å². The Morgan fingerprint density at radius 1 is 0.943 bits per heavy atom. The Kier molecular flexibility index (Phi) is 6.01. The van der Waals surface area contributed by atoms with Gasteiger partial charge < -0.3 is 0 Å². The second-order valence-corrected chi connectivity index (χ2v) is 8.45. The summed E-state index contributed by atoms with van der Waals surface area (Å²) in [7, 11) is 0. The van der Waals surface area contributed by atoms with Crippen molar-refractivity contribution in [3.63, 3.8) is 0 Å². The van der Waals surface area contributed by atoms with Gasteiger partial charge in [0.1, 0.15) is 0 Å². The van der Waals surface area contributed by atoms with Crippen LogP contribution in [0.15, 0.2) is 73.1 Å². The smallest absolute Gasteiger partial charge is 0.294 e. The van der Waals surface area contributed by atoms with Gasteiger partial charge in [-0.05, 0) is 35.9 Å². The number of benzene rings is 2. The van der Waals surface area contributed by atoms with Crippen molar-refractivity contribution in [3.8, 4) is 28.7 Å². The molecule has 0 fully saturated rings. The van der Waals surface area contributed by atoms with Crippen molar-refractivity contribution in [2.24, 2.45) is 0 Å². The summed E-state index contributed by atoms with van der Waals surface area (Å²) in [5, 5.41) is 9.09.